The molecule has 1 rings (SSSR count). The Hall–Kier alpha value is -1.84. The molecule has 0 fully saturated rings. The second-order valence-electron chi connectivity index (χ2n) is 4.13. The van der Waals surface area contributed by atoms with Crippen molar-refractivity contribution >= 4 is 28.9 Å². The van der Waals surface area contributed by atoms with Crippen molar-refractivity contribution in [3.8, 4) is 5.75 Å². The zero-order valence-electron chi connectivity index (χ0n) is 10.7. The fourth-order valence-corrected chi connectivity index (χ4v) is 1.58. The van der Waals surface area contributed by atoms with Crippen molar-refractivity contribution in [2.45, 2.75) is 25.2 Å². The molecule has 0 bridgehead atoms. The number of nitrogens with one attached hydrogen (secondary N) is 1. The van der Waals surface area contributed by atoms with E-state index in [4.69, 9.17) is 4.74 Å². The molecule has 0 saturated carbocycles. The lowest BCUT2D eigenvalue weighted by molar-refractivity contribution is -0.150. The predicted octanol–water partition coefficient (Wildman–Crippen LogP) is 4.24. The van der Waals surface area contributed by atoms with Gasteiger partial charge in [0.05, 0.1) is 0 Å². The lowest BCUT2D eigenvalue weighted by Gasteiger charge is -2.11. The average Bonchev–Trinajstić information content (AvgIpc) is 2.26. The summed E-state index contributed by atoms with van der Waals surface area (Å²) in [5.74, 6) is -1.28. The minimum absolute atomic E-state index is 0.0249. The van der Waals surface area contributed by atoms with E-state index >= 15 is 0 Å². The number of carbonyl (C=O) groups excluding carboxylic acids is 1. The van der Waals surface area contributed by atoms with Gasteiger partial charge in [0.1, 0.15) is 18.6 Å². The SMILES string of the molecule is O=C(CC(F)(F)F)Nc1ccc(OC(=S)CC(F)(F)F)cc1. The summed E-state index contributed by atoms with van der Waals surface area (Å²) in [5.41, 5.74) is 0.0448. The van der Waals surface area contributed by atoms with E-state index in [1.807, 2.05) is 5.32 Å². The van der Waals surface area contributed by atoms with Crippen LogP contribution in [0.15, 0.2) is 24.3 Å². The third-order valence-electron chi connectivity index (χ3n) is 2.08. The van der Waals surface area contributed by atoms with Crippen molar-refractivity contribution in [1.82, 2.24) is 0 Å². The average molecular weight is 345 g/mol. The first-order chi connectivity index (χ1) is 9.94. The Balaban J connectivity index is 2.56. The number of hydrogen-bond acceptors (Lipinski definition) is 3. The van der Waals surface area contributed by atoms with Gasteiger partial charge in [0, 0.05) is 5.69 Å². The summed E-state index contributed by atoms with van der Waals surface area (Å²) < 4.78 is 76.8. The predicted molar refractivity (Wildman–Crippen MR) is 69.6 cm³/mol. The van der Waals surface area contributed by atoms with Crippen LogP contribution in [0.5, 0.6) is 5.75 Å². The van der Waals surface area contributed by atoms with Gasteiger partial charge in [-0.05, 0) is 36.5 Å². The normalized spacial score (nSPS) is 11.9. The minimum Gasteiger partial charge on any atom is -0.450 e. The first-order valence-corrected chi connectivity index (χ1v) is 6.09. The van der Waals surface area contributed by atoms with Crippen molar-refractivity contribution in [3.05, 3.63) is 24.3 Å². The highest BCUT2D eigenvalue weighted by Crippen LogP contribution is 2.24. The highest BCUT2D eigenvalue weighted by molar-refractivity contribution is 7.80. The number of alkyl halides is 6. The van der Waals surface area contributed by atoms with Crippen LogP contribution in [0.2, 0.25) is 0 Å². The molecule has 0 radical (unpaired) electrons. The third kappa shape index (κ3) is 7.81. The van der Waals surface area contributed by atoms with E-state index in [-0.39, 0.29) is 11.4 Å². The van der Waals surface area contributed by atoms with Gasteiger partial charge in [0.2, 0.25) is 5.91 Å². The summed E-state index contributed by atoms with van der Waals surface area (Å²) in [6, 6.07) is 4.71. The molecule has 0 aliphatic carbocycles. The Bertz CT molecular complexity index is 489. The molecule has 0 unspecified atom stereocenters. The van der Waals surface area contributed by atoms with Crippen LogP contribution in [0.4, 0.5) is 32.0 Å². The molecular weight excluding hydrogens is 336 g/mol. The molecule has 0 aliphatic heterocycles. The number of anilines is 1. The lowest BCUT2D eigenvalue weighted by atomic mass is 10.3. The monoisotopic (exact) mass is 345 g/mol. The topological polar surface area (TPSA) is 38.3 Å². The molecule has 3 nitrogen and oxygen atoms in total. The first kappa shape index (κ1) is 18.2. The van der Waals surface area contributed by atoms with Crippen LogP contribution >= 0.6 is 12.2 Å². The van der Waals surface area contributed by atoms with E-state index in [9.17, 15) is 31.1 Å². The van der Waals surface area contributed by atoms with Crippen LogP contribution in [0.25, 0.3) is 0 Å². The van der Waals surface area contributed by atoms with E-state index in [0.717, 1.165) is 0 Å². The van der Waals surface area contributed by atoms with Gasteiger partial charge in [-0.3, -0.25) is 4.79 Å². The van der Waals surface area contributed by atoms with Crippen molar-refractivity contribution in [3.63, 3.8) is 0 Å². The molecule has 0 aliphatic rings. The molecule has 0 aromatic heterocycles. The number of benzene rings is 1. The lowest BCUT2D eigenvalue weighted by Crippen LogP contribution is -2.21. The van der Waals surface area contributed by atoms with Crippen molar-refractivity contribution in [1.29, 1.82) is 0 Å². The van der Waals surface area contributed by atoms with E-state index in [0.29, 0.717) is 0 Å². The van der Waals surface area contributed by atoms with E-state index in [2.05, 4.69) is 12.2 Å². The molecule has 22 heavy (non-hydrogen) atoms. The van der Waals surface area contributed by atoms with Gasteiger partial charge in [-0.15, -0.1) is 0 Å². The molecule has 1 amide bonds. The Morgan fingerprint density at radius 2 is 1.50 bits per heavy atom. The third-order valence-corrected chi connectivity index (χ3v) is 2.30. The van der Waals surface area contributed by atoms with Gasteiger partial charge in [-0.2, -0.15) is 26.3 Å². The molecule has 0 saturated heterocycles. The molecule has 1 aromatic carbocycles. The molecule has 1 N–H and O–H groups in total. The largest absolute Gasteiger partial charge is 0.450 e. The van der Waals surface area contributed by atoms with Crippen LogP contribution in [0.1, 0.15) is 12.8 Å². The Labute approximate surface area is 126 Å². The van der Waals surface area contributed by atoms with Gasteiger partial charge in [0.15, 0.2) is 5.05 Å². The van der Waals surface area contributed by atoms with Crippen molar-refractivity contribution in [2.24, 2.45) is 0 Å². The fourth-order valence-electron chi connectivity index (χ4n) is 1.32. The number of halogens is 6. The molecule has 122 valence electrons. The summed E-state index contributed by atoms with van der Waals surface area (Å²) in [5, 5.41) is 1.30. The van der Waals surface area contributed by atoms with Crippen LogP contribution in [0, 0.1) is 0 Å². The minimum atomic E-state index is -4.63. The highest BCUT2D eigenvalue weighted by atomic mass is 32.1. The summed E-state index contributed by atoms with van der Waals surface area (Å²) in [6.45, 7) is 0. The van der Waals surface area contributed by atoms with Gasteiger partial charge in [-0.1, -0.05) is 0 Å². The number of amides is 1. The number of hydrogen-bond donors (Lipinski definition) is 1. The number of thiocarbonyl (C=S) groups is 1. The molecule has 10 heteroatoms. The molecule has 1 aromatic rings. The van der Waals surface area contributed by atoms with Gasteiger partial charge >= 0.3 is 12.4 Å². The summed E-state index contributed by atoms with van der Waals surface area (Å²) >= 11 is 4.41. The number of rotatable bonds is 4. The molecule has 0 heterocycles. The maximum Gasteiger partial charge on any atom is 0.397 e. The van der Waals surface area contributed by atoms with Gasteiger partial charge < -0.3 is 10.1 Å². The van der Waals surface area contributed by atoms with Crippen LogP contribution < -0.4 is 10.1 Å². The first-order valence-electron chi connectivity index (χ1n) is 5.69. The Kier molecular flexibility index (Phi) is 5.75. The number of carbonyl (C=O) groups is 1. The van der Waals surface area contributed by atoms with Crippen LogP contribution in [0.3, 0.4) is 0 Å². The zero-order chi connectivity index (χ0) is 17.0. The van der Waals surface area contributed by atoms with Gasteiger partial charge in [-0.25, -0.2) is 0 Å². The highest BCUT2D eigenvalue weighted by Gasteiger charge is 2.31. The quantitative estimate of drug-likeness (QED) is 0.655. The van der Waals surface area contributed by atoms with E-state index in [1.54, 1.807) is 0 Å². The maximum absolute atomic E-state index is 12.0. The molecule has 0 spiro atoms. The second-order valence-corrected chi connectivity index (χ2v) is 4.59. The molecular formula is C12H9F6NO2S. The van der Waals surface area contributed by atoms with Crippen LogP contribution in [-0.4, -0.2) is 23.3 Å². The summed E-state index contributed by atoms with van der Waals surface area (Å²) in [6.07, 6.45) is -12.2. The second kappa shape index (κ2) is 6.95. The van der Waals surface area contributed by atoms with Crippen molar-refractivity contribution in [2.75, 3.05) is 5.32 Å². The fraction of sp³-hybridized carbons (Fsp3) is 0.333. The van der Waals surface area contributed by atoms with E-state index < -0.39 is 36.2 Å². The summed E-state index contributed by atoms with van der Waals surface area (Å²) in [7, 11) is 0. The van der Waals surface area contributed by atoms with Gasteiger partial charge in [0.25, 0.3) is 0 Å². The molecule has 0 atom stereocenters. The van der Waals surface area contributed by atoms with E-state index in [1.165, 1.54) is 24.3 Å². The van der Waals surface area contributed by atoms with Crippen molar-refractivity contribution < 1.29 is 35.9 Å². The maximum atomic E-state index is 12.0. The smallest absolute Gasteiger partial charge is 0.397 e. The summed E-state index contributed by atoms with van der Waals surface area (Å²) in [4.78, 5) is 11.0. The van der Waals surface area contributed by atoms with Crippen LogP contribution in [-0.2, 0) is 4.79 Å². The Morgan fingerprint density at radius 1 is 1.00 bits per heavy atom. The Morgan fingerprint density at radius 3 is 1.95 bits per heavy atom. The zero-order valence-corrected chi connectivity index (χ0v) is 11.5. The standard InChI is InChI=1S/C12H9F6NO2S/c13-11(14,15)5-9(20)19-7-1-3-8(4-2-7)21-10(22)6-12(16,17)18/h1-4H,5-6H2,(H,19,20). The number of ether oxygens (including phenoxy) is 1.